The molecule has 2 aromatic rings. The summed E-state index contributed by atoms with van der Waals surface area (Å²) in [6.07, 6.45) is 6.32. The zero-order valence-corrected chi connectivity index (χ0v) is 23.5. The molecule has 216 valence electrons. The molecule has 0 spiro atoms. The molecule has 1 amide bonds. The molecule has 3 heterocycles. The van der Waals surface area contributed by atoms with Crippen LogP contribution in [-0.2, 0) is 24.1 Å². The van der Waals surface area contributed by atoms with E-state index >= 15 is 0 Å². The number of halogens is 1. The quantitative estimate of drug-likeness (QED) is 0.458. The van der Waals surface area contributed by atoms with Crippen LogP contribution in [0.5, 0.6) is 5.88 Å². The predicted molar refractivity (Wildman–Crippen MR) is 142 cm³/mol. The first-order chi connectivity index (χ1) is 19.0. The second-order valence-corrected chi connectivity index (χ2v) is 12.6. The van der Waals surface area contributed by atoms with Crippen molar-refractivity contribution in [2.45, 2.75) is 87.5 Å². The van der Waals surface area contributed by atoms with Crippen LogP contribution in [0.1, 0.15) is 57.4 Å². The van der Waals surface area contributed by atoms with Crippen LogP contribution < -0.4 is 10.1 Å². The summed E-state index contributed by atoms with van der Waals surface area (Å²) in [5, 5.41) is 2.90. The molecule has 1 aromatic carbocycles. The lowest BCUT2D eigenvalue weighted by molar-refractivity contribution is -0.157. The average Bonchev–Trinajstić information content (AvgIpc) is 3.67. The van der Waals surface area contributed by atoms with E-state index in [0.29, 0.717) is 42.9 Å². The molecule has 1 saturated carbocycles. The van der Waals surface area contributed by atoms with Gasteiger partial charge in [0, 0.05) is 44.0 Å². The van der Waals surface area contributed by atoms with Gasteiger partial charge in [-0.15, -0.1) is 0 Å². The number of piperidine rings is 2. The largest absolute Gasteiger partial charge is 0.474 e. The number of amides is 1. The van der Waals surface area contributed by atoms with Crippen LogP contribution in [0, 0.1) is 12.7 Å². The number of hydrogen-bond acceptors (Lipinski definition) is 10. The Morgan fingerprint density at radius 3 is 2.48 bits per heavy atom. The minimum atomic E-state index is -3.54. The first-order valence-electron chi connectivity index (χ1n) is 13.4. The normalized spacial score (nSPS) is 23.2. The number of carbonyl (C=O) groups is 2. The fraction of sp³-hybridized carbons (Fsp3) is 0.556. The molecule has 2 aliphatic heterocycles. The van der Waals surface area contributed by atoms with Crippen LogP contribution in [0.4, 0.5) is 20.7 Å². The Kier molecular flexibility index (Phi) is 7.60. The molecule has 2 atom stereocenters. The number of benzene rings is 1. The molecule has 2 bridgehead atoms. The van der Waals surface area contributed by atoms with E-state index in [2.05, 4.69) is 15.3 Å². The maximum atomic E-state index is 14.6. The Morgan fingerprint density at radius 2 is 1.88 bits per heavy atom. The fourth-order valence-corrected chi connectivity index (χ4v) is 6.09. The SMILES string of the molecule is CCOC(=O)C1(OC(=O)N2C3CCCC2CC(Oc2ncnc(Nc4ccc(S(C)(=O)=O)cc4F)c2C)C3)CC1. The number of aromatic nitrogens is 2. The number of sulfone groups is 1. The van der Waals surface area contributed by atoms with Gasteiger partial charge in [-0.25, -0.2) is 32.4 Å². The first kappa shape index (κ1) is 28.1. The van der Waals surface area contributed by atoms with E-state index in [-0.39, 0.29) is 35.4 Å². The zero-order valence-electron chi connectivity index (χ0n) is 22.7. The number of ether oxygens (including phenoxy) is 3. The highest BCUT2D eigenvalue weighted by atomic mass is 32.2. The van der Waals surface area contributed by atoms with Crippen molar-refractivity contribution < 1.29 is 36.6 Å². The van der Waals surface area contributed by atoms with Gasteiger partial charge in [0.1, 0.15) is 24.1 Å². The fourth-order valence-electron chi connectivity index (χ4n) is 5.46. The van der Waals surface area contributed by atoms with Gasteiger partial charge in [0.2, 0.25) is 11.5 Å². The van der Waals surface area contributed by atoms with E-state index in [1.807, 2.05) is 0 Å². The molecule has 3 aliphatic rings. The summed E-state index contributed by atoms with van der Waals surface area (Å²) in [6, 6.07) is 3.44. The highest BCUT2D eigenvalue weighted by Gasteiger charge is 2.57. The number of fused-ring (bicyclic) bond motifs is 2. The summed E-state index contributed by atoms with van der Waals surface area (Å²) in [4.78, 5) is 35.6. The molecule has 1 aromatic heterocycles. The predicted octanol–water partition coefficient (Wildman–Crippen LogP) is 4.07. The van der Waals surface area contributed by atoms with Gasteiger partial charge in [-0.1, -0.05) is 0 Å². The lowest BCUT2D eigenvalue weighted by Gasteiger charge is -2.48. The third kappa shape index (κ3) is 5.70. The van der Waals surface area contributed by atoms with Gasteiger partial charge in [0.05, 0.1) is 22.8 Å². The zero-order chi connectivity index (χ0) is 28.7. The Morgan fingerprint density at radius 1 is 1.18 bits per heavy atom. The summed E-state index contributed by atoms with van der Waals surface area (Å²) in [7, 11) is -3.54. The van der Waals surface area contributed by atoms with Gasteiger partial charge in [-0.05, 0) is 51.3 Å². The van der Waals surface area contributed by atoms with Gasteiger partial charge in [-0.2, -0.15) is 0 Å². The van der Waals surface area contributed by atoms with E-state index in [4.69, 9.17) is 14.2 Å². The van der Waals surface area contributed by atoms with Crippen molar-refractivity contribution in [1.29, 1.82) is 0 Å². The van der Waals surface area contributed by atoms with Crippen molar-refractivity contribution in [3.63, 3.8) is 0 Å². The molecule has 11 nitrogen and oxygen atoms in total. The Labute approximate surface area is 232 Å². The van der Waals surface area contributed by atoms with Crippen LogP contribution in [0.15, 0.2) is 29.4 Å². The Bertz CT molecular complexity index is 1400. The van der Waals surface area contributed by atoms with Crippen molar-refractivity contribution in [2.24, 2.45) is 0 Å². The number of anilines is 2. The van der Waals surface area contributed by atoms with E-state index in [0.717, 1.165) is 31.6 Å². The van der Waals surface area contributed by atoms with E-state index < -0.39 is 33.3 Å². The van der Waals surface area contributed by atoms with Gasteiger partial charge in [0.15, 0.2) is 9.84 Å². The number of esters is 1. The molecule has 2 saturated heterocycles. The van der Waals surface area contributed by atoms with Crippen LogP contribution in [-0.4, -0.2) is 72.0 Å². The summed E-state index contributed by atoms with van der Waals surface area (Å²) in [5.74, 6) is -0.553. The highest BCUT2D eigenvalue weighted by molar-refractivity contribution is 7.90. The molecule has 40 heavy (non-hydrogen) atoms. The molecule has 1 aliphatic carbocycles. The second-order valence-electron chi connectivity index (χ2n) is 10.6. The Hall–Kier alpha value is -3.48. The van der Waals surface area contributed by atoms with E-state index in [9.17, 15) is 22.4 Å². The maximum absolute atomic E-state index is 14.6. The van der Waals surface area contributed by atoms with Gasteiger partial charge < -0.3 is 24.4 Å². The molecular weight excluding hydrogens is 543 g/mol. The minimum absolute atomic E-state index is 0.0674. The number of hydrogen-bond donors (Lipinski definition) is 1. The van der Waals surface area contributed by atoms with Gasteiger partial charge >= 0.3 is 12.1 Å². The first-order valence-corrected chi connectivity index (χ1v) is 15.3. The van der Waals surface area contributed by atoms with Crippen molar-refractivity contribution in [3.05, 3.63) is 35.9 Å². The van der Waals surface area contributed by atoms with Crippen LogP contribution in [0.2, 0.25) is 0 Å². The molecule has 5 rings (SSSR count). The molecule has 13 heteroatoms. The summed E-state index contributed by atoms with van der Waals surface area (Å²) in [6.45, 7) is 3.70. The van der Waals surface area contributed by atoms with Crippen LogP contribution >= 0.6 is 0 Å². The maximum Gasteiger partial charge on any atom is 0.411 e. The number of carbonyl (C=O) groups excluding carboxylic acids is 2. The lowest BCUT2D eigenvalue weighted by atomic mass is 9.83. The summed E-state index contributed by atoms with van der Waals surface area (Å²) < 4.78 is 55.1. The lowest BCUT2D eigenvalue weighted by Crippen LogP contribution is -2.57. The van der Waals surface area contributed by atoms with E-state index in [1.54, 1.807) is 18.7 Å². The third-order valence-electron chi connectivity index (χ3n) is 7.71. The molecule has 3 fully saturated rings. The van der Waals surface area contributed by atoms with Crippen molar-refractivity contribution in [2.75, 3.05) is 18.2 Å². The summed E-state index contributed by atoms with van der Waals surface area (Å²) >= 11 is 0. The standard InChI is InChI=1S/C27H33FN4O7S/c1-4-37-25(33)27(10-11-27)39-26(34)32-17-6-5-7-18(32)13-19(12-17)38-24-16(2)23(29-15-30-24)31-22-9-8-20(14-21(22)28)40(3,35)36/h8-9,14-15,17-19H,4-7,10-13H2,1-3H3,(H,29,30,31). The summed E-state index contributed by atoms with van der Waals surface area (Å²) in [5.41, 5.74) is -0.523. The third-order valence-corrected chi connectivity index (χ3v) is 8.82. The van der Waals surface area contributed by atoms with Crippen LogP contribution in [0.3, 0.4) is 0 Å². The molecule has 2 unspecified atom stereocenters. The van der Waals surface area contributed by atoms with Crippen LogP contribution in [0.25, 0.3) is 0 Å². The van der Waals surface area contributed by atoms with E-state index in [1.165, 1.54) is 18.5 Å². The Balaban J connectivity index is 1.26. The van der Waals surface area contributed by atoms with Crippen molar-refractivity contribution >= 4 is 33.4 Å². The van der Waals surface area contributed by atoms with Gasteiger partial charge in [0.25, 0.3) is 0 Å². The molecule has 0 radical (unpaired) electrons. The number of nitrogens with zero attached hydrogens (tertiary/aromatic N) is 3. The molecular formula is C27H33FN4O7S. The topological polar surface area (TPSA) is 137 Å². The molecule has 1 N–H and O–H groups in total. The van der Waals surface area contributed by atoms with Gasteiger partial charge in [-0.3, -0.25) is 0 Å². The number of rotatable bonds is 8. The second kappa shape index (κ2) is 10.8. The monoisotopic (exact) mass is 576 g/mol. The number of nitrogens with one attached hydrogen (secondary N) is 1. The minimum Gasteiger partial charge on any atom is -0.474 e. The average molecular weight is 577 g/mol. The van der Waals surface area contributed by atoms with Crippen molar-refractivity contribution in [3.8, 4) is 5.88 Å². The highest BCUT2D eigenvalue weighted by Crippen LogP contribution is 2.43. The smallest absolute Gasteiger partial charge is 0.411 e. The van der Waals surface area contributed by atoms with Crippen molar-refractivity contribution in [1.82, 2.24) is 14.9 Å².